The standard InChI is InChI=1S/C16H27NO/c1-12(2)14(4)17(5)11-10-16(18)15-9-7-6-8-13(15)3/h6-9,12,14,16,18H,10-11H2,1-5H3. The lowest BCUT2D eigenvalue weighted by molar-refractivity contribution is 0.128. The van der Waals surface area contributed by atoms with Gasteiger partial charge in [-0.05, 0) is 44.4 Å². The Bertz CT molecular complexity index is 362. The van der Waals surface area contributed by atoms with Gasteiger partial charge in [0.2, 0.25) is 0 Å². The van der Waals surface area contributed by atoms with E-state index >= 15 is 0 Å². The van der Waals surface area contributed by atoms with Crippen LogP contribution in [0.25, 0.3) is 0 Å². The van der Waals surface area contributed by atoms with Crippen LogP contribution in [0.1, 0.15) is 44.4 Å². The van der Waals surface area contributed by atoms with Crippen LogP contribution >= 0.6 is 0 Å². The molecule has 0 aliphatic carbocycles. The van der Waals surface area contributed by atoms with Gasteiger partial charge in [0.15, 0.2) is 0 Å². The summed E-state index contributed by atoms with van der Waals surface area (Å²) in [7, 11) is 2.13. The molecule has 1 N–H and O–H groups in total. The first kappa shape index (κ1) is 15.2. The summed E-state index contributed by atoms with van der Waals surface area (Å²) >= 11 is 0. The molecule has 2 unspecified atom stereocenters. The van der Waals surface area contributed by atoms with Crippen molar-refractivity contribution in [1.82, 2.24) is 4.90 Å². The molecule has 2 heteroatoms. The maximum Gasteiger partial charge on any atom is 0.0804 e. The quantitative estimate of drug-likeness (QED) is 0.835. The zero-order valence-corrected chi connectivity index (χ0v) is 12.4. The fourth-order valence-electron chi connectivity index (χ4n) is 2.15. The zero-order valence-electron chi connectivity index (χ0n) is 12.4. The van der Waals surface area contributed by atoms with E-state index in [2.05, 4.69) is 45.7 Å². The molecule has 0 radical (unpaired) electrons. The fraction of sp³-hybridized carbons (Fsp3) is 0.625. The highest BCUT2D eigenvalue weighted by Crippen LogP contribution is 2.21. The average molecular weight is 249 g/mol. The number of nitrogens with zero attached hydrogens (tertiary/aromatic N) is 1. The molecule has 0 aliphatic rings. The van der Waals surface area contributed by atoms with E-state index in [1.165, 1.54) is 5.56 Å². The number of benzene rings is 1. The van der Waals surface area contributed by atoms with Crippen molar-refractivity contribution in [3.63, 3.8) is 0 Å². The summed E-state index contributed by atoms with van der Waals surface area (Å²) in [6.45, 7) is 9.69. The second-order valence-corrected chi connectivity index (χ2v) is 5.63. The molecule has 18 heavy (non-hydrogen) atoms. The van der Waals surface area contributed by atoms with Gasteiger partial charge in [-0.3, -0.25) is 0 Å². The van der Waals surface area contributed by atoms with Crippen molar-refractivity contribution in [2.45, 2.75) is 46.3 Å². The minimum atomic E-state index is -0.354. The lowest BCUT2D eigenvalue weighted by Gasteiger charge is -2.28. The molecule has 1 aromatic carbocycles. The van der Waals surface area contributed by atoms with Crippen molar-refractivity contribution < 1.29 is 5.11 Å². The molecular weight excluding hydrogens is 222 g/mol. The van der Waals surface area contributed by atoms with Crippen LogP contribution in [0.2, 0.25) is 0 Å². The van der Waals surface area contributed by atoms with Crippen LogP contribution in [0, 0.1) is 12.8 Å². The molecule has 1 rings (SSSR count). The molecule has 1 aromatic rings. The number of hydrogen-bond donors (Lipinski definition) is 1. The summed E-state index contributed by atoms with van der Waals surface area (Å²) in [6.07, 6.45) is 0.436. The van der Waals surface area contributed by atoms with Gasteiger partial charge < -0.3 is 10.0 Å². The van der Waals surface area contributed by atoms with E-state index in [1.54, 1.807) is 0 Å². The van der Waals surface area contributed by atoms with E-state index < -0.39 is 0 Å². The fourth-order valence-corrected chi connectivity index (χ4v) is 2.15. The predicted octanol–water partition coefficient (Wildman–Crippen LogP) is 3.39. The van der Waals surface area contributed by atoms with Gasteiger partial charge in [-0.15, -0.1) is 0 Å². The molecule has 0 saturated heterocycles. The summed E-state index contributed by atoms with van der Waals surface area (Å²) < 4.78 is 0. The summed E-state index contributed by atoms with van der Waals surface area (Å²) in [6, 6.07) is 8.63. The summed E-state index contributed by atoms with van der Waals surface area (Å²) in [5.41, 5.74) is 2.23. The van der Waals surface area contributed by atoms with Gasteiger partial charge in [0.25, 0.3) is 0 Å². The third-order valence-corrected chi connectivity index (χ3v) is 3.96. The predicted molar refractivity (Wildman–Crippen MR) is 77.7 cm³/mol. The molecule has 2 nitrogen and oxygen atoms in total. The summed E-state index contributed by atoms with van der Waals surface area (Å²) in [5, 5.41) is 10.2. The molecule has 0 aromatic heterocycles. The van der Waals surface area contributed by atoms with Crippen LogP contribution in [0.5, 0.6) is 0 Å². The molecule has 0 spiro atoms. The summed E-state index contributed by atoms with van der Waals surface area (Å²) in [4.78, 5) is 2.33. The second-order valence-electron chi connectivity index (χ2n) is 5.63. The maximum atomic E-state index is 10.2. The Morgan fingerprint density at radius 3 is 2.33 bits per heavy atom. The third kappa shape index (κ3) is 4.11. The lowest BCUT2D eigenvalue weighted by Crippen LogP contribution is -2.34. The first-order valence-corrected chi connectivity index (χ1v) is 6.87. The first-order valence-electron chi connectivity index (χ1n) is 6.87. The first-order chi connectivity index (χ1) is 8.43. The lowest BCUT2D eigenvalue weighted by atomic mass is 10.00. The molecule has 0 fully saturated rings. The number of aliphatic hydroxyl groups excluding tert-OH is 1. The van der Waals surface area contributed by atoms with Crippen molar-refractivity contribution in [2.24, 2.45) is 5.92 Å². The Morgan fingerprint density at radius 2 is 1.78 bits per heavy atom. The Kier molecular flexibility index (Phi) is 5.83. The Labute approximate surface area is 112 Å². The molecule has 0 bridgehead atoms. The topological polar surface area (TPSA) is 23.5 Å². The Morgan fingerprint density at radius 1 is 1.17 bits per heavy atom. The van der Waals surface area contributed by atoms with Crippen molar-refractivity contribution in [2.75, 3.05) is 13.6 Å². The molecule has 0 heterocycles. The van der Waals surface area contributed by atoms with Gasteiger partial charge in [0.05, 0.1) is 6.10 Å². The zero-order chi connectivity index (χ0) is 13.7. The van der Waals surface area contributed by atoms with Crippen molar-refractivity contribution in [3.05, 3.63) is 35.4 Å². The minimum absolute atomic E-state index is 0.354. The smallest absolute Gasteiger partial charge is 0.0804 e. The maximum absolute atomic E-state index is 10.2. The highest BCUT2D eigenvalue weighted by atomic mass is 16.3. The van der Waals surface area contributed by atoms with E-state index in [1.807, 2.05) is 18.2 Å². The van der Waals surface area contributed by atoms with Crippen LogP contribution in [0.15, 0.2) is 24.3 Å². The largest absolute Gasteiger partial charge is 0.388 e. The Balaban J connectivity index is 2.51. The van der Waals surface area contributed by atoms with Gasteiger partial charge in [-0.25, -0.2) is 0 Å². The third-order valence-electron chi connectivity index (χ3n) is 3.96. The highest BCUT2D eigenvalue weighted by molar-refractivity contribution is 5.27. The SMILES string of the molecule is Cc1ccccc1C(O)CCN(C)C(C)C(C)C. The molecular formula is C16H27NO. The highest BCUT2D eigenvalue weighted by Gasteiger charge is 2.15. The minimum Gasteiger partial charge on any atom is -0.388 e. The monoisotopic (exact) mass is 249 g/mol. The Hall–Kier alpha value is -0.860. The number of aliphatic hydroxyl groups is 1. The number of hydrogen-bond acceptors (Lipinski definition) is 2. The average Bonchev–Trinajstić information content (AvgIpc) is 2.35. The van der Waals surface area contributed by atoms with Crippen LogP contribution in [-0.2, 0) is 0 Å². The van der Waals surface area contributed by atoms with Gasteiger partial charge in [-0.1, -0.05) is 38.1 Å². The van der Waals surface area contributed by atoms with Crippen molar-refractivity contribution >= 4 is 0 Å². The van der Waals surface area contributed by atoms with Gasteiger partial charge in [-0.2, -0.15) is 0 Å². The van der Waals surface area contributed by atoms with Gasteiger partial charge in [0.1, 0.15) is 0 Å². The summed E-state index contributed by atoms with van der Waals surface area (Å²) in [5.74, 6) is 0.644. The molecule has 0 saturated carbocycles. The molecule has 0 aliphatic heterocycles. The molecule has 102 valence electrons. The van der Waals surface area contributed by atoms with Gasteiger partial charge >= 0.3 is 0 Å². The normalized spacial score (nSPS) is 15.1. The van der Waals surface area contributed by atoms with Crippen LogP contribution < -0.4 is 0 Å². The van der Waals surface area contributed by atoms with E-state index in [4.69, 9.17) is 0 Å². The van der Waals surface area contributed by atoms with Crippen LogP contribution in [0.3, 0.4) is 0 Å². The van der Waals surface area contributed by atoms with E-state index in [9.17, 15) is 5.11 Å². The number of aryl methyl sites for hydroxylation is 1. The van der Waals surface area contributed by atoms with E-state index in [0.717, 1.165) is 18.5 Å². The van der Waals surface area contributed by atoms with Crippen molar-refractivity contribution in [3.8, 4) is 0 Å². The van der Waals surface area contributed by atoms with Crippen molar-refractivity contribution in [1.29, 1.82) is 0 Å². The molecule has 0 amide bonds. The van der Waals surface area contributed by atoms with E-state index in [0.29, 0.717) is 12.0 Å². The second kappa shape index (κ2) is 6.91. The van der Waals surface area contributed by atoms with E-state index in [-0.39, 0.29) is 6.10 Å². The van der Waals surface area contributed by atoms with Crippen LogP contribution in [0.4, 0.5) is 0 Å². The number of rotatable bonds is 6. The van der Waals surface area contributed by atoms with Gasteiger partial charge in [0, 0.05) is 12.6 Å². The van der Waals surface area contributed by atoms with Crippen LogP contribution in [-0.4, -0.2) is 29.6 Å². The molecule has 2 atom stereocenters.